The standard InChI is InChI=1S/C12H27N3O/c1-9(2)11(8-15(5)6)14-12(16)7-13-10(3)4/h9-11,13H,7-8H2,1-6H3,(H,14,16). The molecule has 1 unspecified atom stereocenters. The zero-order chi connectivity index (χ0) is 12.7. The number of rotatable bonds is 7. The molecule has 96 valence electrons. The van der Waals surface area contributed by atoms with Crippen LogP contribution in [0.2, 0.25) is 0 Å². The minimum atomic E-state index is 0.0780. The minimum Gasteiger partial charge on any atom is -0.351 e. The highest BCUT2D eigenvalue weighted by atomic mass is 16.2. The third-order valence-corrected chi connectivity index (χ3v) is 2.38. The van der Waals surface area contributed by atoms with Crippen LogP contribution in [-0.4, -0.2) is 50.1 Å². The highest BCUT2D eigenvalue weighted by Gasteiger charge is 2.16. The molecule has 16 heavy (non-hydrogen) atoms. The van der Waals surface area contributed by atoms with Crippen molar-refractivity contribution in [2.75, 3.05) is 27.2 Å². The Morgan fingerprint density at radius 3 is 2.12 bits per heavy atom. The van der Waals surface area contributed by atoms with Gasteiger partial charge in [0.15, 0.2) is 0 Å². The summed E-state index contributed by atoms with van der Waals surface area (Å²) < 4.78 is 0. The molecule has 0 bridgehead atoms. The van der Waals surface area contributed by atoms with Gasteiger partial charge in [0.25, 0.3) is 0 Å². The van der Waals surface area contributed by atoms with Crippen molar-refractivity contribution in [2.45, 2.75) is 39.8 Å². The average molecular weight is 229 g/mol. The molecule has 2 N–H and O–H groups in total. The first-order chi connectivity index (χ1) is 7.32. The van der Waals surface area contributed by atoms with Crippen LogP contribution in [0.1, 0.15) is 27.7 Å². The number of amides is 1. The molecule has 0 saturated carbocycles. The van der Waals surface area contributed by atoms with Gasteiger partial charge in [-0.1, -0.05) is 27.7 Å². The van der Waals surface area contributed by atoms with E-state index in [0.717, 1.165) is 6.54 Å². The smallest absolute Gasteiger partial charge is 0.234 e. The molecule has 0 aliphatic heterocycles. The monoisotopic (exact) mass is 229 g/mol. The van der Waals surface area contributed by atoms with Crippen LogP contribution in [0.4, 0.5) is 0 Å². The van der Waals surface area contributed by atoms with Crippen molar-refractivity contribution in [3.63, 3.8) is 0 Å². The van der Waals surface area contributed by atoms with Crippen molar-refractivity contribution in [3.05, 3.63) is 0 Å². The molecular weight excluding hydrogens is 202 g/mol. The summed E-state index contributed by atoms with van der Waals surface area (Å²) in [5, 5.41) is 6.18. The van der Waals surface area contributed by atoms with E-state index in [-0.39, 0.29) is 11.9 Å². The molecule has 0 aliphatic carbocycles. The lowest BCUT2D eigenvalue weighted by molar-refractivity contribution is -0.121. The zero-order valence-corrected chi connectivity index (χ0v) is 11.5. The molecule has 1 atom stereocenters. The lowest BCUT2D eigenvalue weighted by Crippen LogP contribution is -2.48. The maximum absolute atomic E-state index is 11.7. The average Bonchev–Trinajstić information content (AvgIpc) is 2.12. The minimum absolute atomic E-state index is 0.0780. The Bertz CT molecular complexity index is 202. The Morgan fingerprint density at radius 2 is 1.75 bits per heavy atom. The first-order valence-corrected chi connectivity index (χ1v) is 6.00. The highest BCUT2D eigenvalue weighted by molar-refractivity contribution is 5.78. The van der Waals surface area contributed by atoms with Crippen LogP contribution >= 0.6 is 0 Å². The number of likely N-dealkylation sites (N-methyl/N-ethyl adjacent to an activating group) is 1. The number of hydrogen-bond acceptors (Lipinski definition) is 3. The van der Waals surface area contributed by atoms with Crippen molar-refractivity contribution in [2.24, 2.45) is 5.92 Å². The van der Waals surface area contributed by atoms with Gasteiger partial charge in [-0.05, 0) is 20.0 Å². The molecule has 1 amide bonds. The van der Waals surface area contributed by atoms with E-state index >= 15 is 0 Å². The van der Waals surface area contributed by atoms with Crippen molar-refractivity contribution < 1.29 is 4.79 Å². The fourth-order valence-corrected chi connectivity index (χ4v) is 1.37. The summed E-state index contributed by atoms with van der Waals surface area (Å²) in [6.07, 6.45) is 0. The van der Waals surface area contributed by atoms with E-state index in [2.05, 4.69) is 29.4 Å². The van der Waals surface area contributed by atoms with Gasteiger partial charge in [-0.3, -0.25) is 4.79 Å². The Labute approximate surface area is 99.8 Å². The molecule has 0 heterocycles. The van der Waals surface area contributed by atoms with Crippen molar-refractivity contribution in [3.8, 4) is 0 Å². The normalized spacial score (nSPS) is 13.6. The van der Waals surface area contributed by atoms with E-state index in [1.165, 1.54) is 0 Å². The van der Waals surface area contributed by atoms with Crippen molar-refractivity contribution >= 4 is 5.91 Å². The molecule has 4 nitrogen and oxygen atoms in total. The van der Waals surface area contributed by atoms with Crippen LogP contribution in [0, 0.1) is 5.92 Å². The van der Waals surface area contributed by atoms with Crippen molar-refractivity contribution in [1.82, 2.24) is 15.5 Å². The van der Waals surface area contributed by atoms with Gasteiger partial charge in [-0.25, -0.2) is 0 Å². The van der Waals surface area contributed by atoms with Gasteiger partial charge in [0.1, 0.15) is 0 Å². The van der Waals surface area contributed by atoms with E-state index in [0.29, 0.717) is 18.5 Å². The molecule has 0 aliphatic rings. The fraction of sp³-hybridized carbons (Fsp3) is 0.917. The lowest BCUT2D eigenvalue weighted by Gasteiger charge is -2.25. The van der Waals surface area contributed by atoms with Gasteiger partial charge >= 0.3 is 0 Å². The summed E-state index contributed by atoms with van der Waals surface area (Å²) in [5.41, 5.74) is 0. The Kier molecular flexibility index (Phi) is 7.34. The Hall–Kier alpha value is -0.610. The molecule has 0 rings (SSSR count). The third kappa shape index (κ3) is 7.65. The van der Waals surface area contributed by atoms with Gasteiger partial charge in [0.05, 0.1) is 6.54 Å². The van der Waals surface area contributed by atoms with Gasteiger partial charge < -0.3 is 15.5 Å². The first-order valence-electron chi connectivity index (χ1n) is 6.00. The maximum atomic E-state index is 11.7. The summed E-state index contributed by atoms with van der Waals surface area (Å²) >= 11 is 0. The number of carbonyl (C=O) groups excluding carboxylic acids is 1. The molecule has 0 fully saturated rings. The molecule has 0 saturated heterocycles. The van der Waals surface area contributed by atoms with Gasteiger partial charge in [-0.15, -0.1) is 0 Å². The molecule has 0 aromatic rings. The topological polar surface area (TPSA) is 44.4 Å². The van der Waals surface area contributed by atoms with E-state index in [1.807, 2.05) is 27.9 Å². The van der Waals surface area contributed by atoms with Gasteiger partial charge in [0, 0.05) is 18.6 Å². The number of nitrogens with one attached hydrogen (secondary N) is 2. The van der Waals surface area contributed by atoms with Crippen LogP contribution in [0.15, 0.2) is 0 Å². The quantitative estimate of drug-likeness (QED) is 0.675. The predicted molar refractivity (Wildman–Crippen MR) is 68.5 cm³/mol. The van der Waals surface area contributed by atoms with Crippen LogP contribution in [0.25, 0.3) is 0 Å². The number of hydrogen-bond donors (Lipinski definition) is 2. The predicted octanol–water partition coefficient (Wildman–Crippen LogP) is 0.687. The van der Waals surface area contributed by atoms with E-state index < -0.39 is 0 Å². The van der Waals surface area contributed by atoms with Gasteiger partial charge in [0.2, 0.25) is 5.91 Å². The summed E-state index contributed by atoms with van der Waals surface area (Å²) in [7, 11) is 4.04. The second-order valence-electron chi connectivity index (χ2n) is 5.22. The van der Waals surface area contributed by atoms with Crippen LogP contribution in [-0.2, 0) is 4.79 Å². The summed E-state index contributed by atoms with van der Waals surface area (Å²) in [6, 6.07) is 0.563. The second kappa shape index (κ2) is 7.63. The second-order valence-corrected chi connectivity index (χ2v) is 5.22. The maximum Gasteiger partial charge on any atom is 0.234 e. The molecule has 0 radical (unpaired) electrons. The van der Waals surface area contributed by atoms with Gasteiger partial charge in [-0.2, -0.15) is 0 Å². The molecule has 0 aromatic carbocycles. The molecule has 4 heteroatoms. The SMILES string of the molecule is CC(C)NCC(=O)NC(CN(C)C)C(C)C. The largest absolute Gasteiger partial charge is 0.351 e. The molecule has 0 aromatic heterocycles. The fourth-order valence-electron chi connectivity index (χ4n) is 1.37. The highest BCUT2D eigenvalue weighted by Crippen LogP contribution is 2.02. The van der Waals surface area contributed by atoms with Crippen LogP contribution in [0.5, 0.6) is 0 Å². The van der Waals surface area contributed by atoms with E-state index in [9.17, 15) is 4.79 Å². The number of carbonyl (C=O) groups is 1. The number of nitrogens with zero attached hydrogens (tertiary/aromatic N) is 1. The first kappa shape index (κ1) is 15.4. The molecular formula is C12H27N3O. The third-order valence-electron chi connectivity index (χ3n) is 2.38. The van der Waals surface area contributed by atoms with Crippen LogP contribution < -0.4 is 10.6 Å². The summed E-state index contributed by atoms with van der Waals surface area (Å²) in [6.45, 7) is 9.61. The summed E-state index contributed by atoms with van der Waals surface area (Å²) in [5.74, 6) is 0.527. The summed E-state index contributed by atoms with van der Waals surface area (Å²) in [4.78, 5) is 13.7. The van der Waals surface area contributed by atoms with E-state index in [1.54, 1.807) is 0 Å². The van der Waals surface area contributed by atoms with Crippen molar-refractivity contribution in [1.29, 1.82) is 0 Å². The Morgan fingerprint density at radius 1 is 1.19 bits per heavy atom. The zero-order valence-electron chi connectivity index (χ0n) is 11.5. The van der Waals surface area contributed by atoms with Crippen LogP contribution in [0.3, 0.4) is 0 Å². The lowest BCUT2D eigenvalue weighted by atomic mass is 10.0. The molecule has 0 spiro atoms. The Balaban J connectivity index is 4.03. The van der Waals surface area contributed by atoms with E-state index in [4.69, 9.17) is 0 Å².